The van der Waals surface area contributed by atoms with E-state index in [0.29, 0.717) is 0 Å². The third-order valence-electron chi connectivity index (χ3n) is 1.90. The Balaban J connectivity index is 2.58. The number of carbonyl (C=O) groups is 1. The molecule has 1 heterocycles. The van der Waals surface area contributed by atoms with Crippen molar-refractivity contribution in [3.8, 4) is 0 Å². The number of alkyl halides is 3. The van der Waals surface area contributed by atoms with Gasteiger partial charge in [-0.2, -0.15) is 13.2 Å². The van der Waals surface area contributed by atoms with Crippen LogP contribution in [0.15, 0.2) is 22.6 Å². The van der Waals surface area contributed by atoms with Crippen LogP contribution in [0.3, 0.4) is 0 Å². The lowest BCUT2D eigenvalue weighted by Crippen LogP contribution is -2.03. The molecule has 0 aliphatic carbocycles. The van der Waals surface area contributed by atoms with Crippen molar-refractivity contribution in [2.24, 2.45) is 0 Å². The SMILES string of the molecule is O=C(O)c1nc2ccc(C(F)(F)F)cc2o1. The minimum atomic E-state index is -4.50. The number of aromatic nitrogens is 1. The van der Waals surface area contributed by atoms with Crippen LogP contribution >= 0.6 is 0 Å². The Morgan fingerprint density at radius 3 is 2.62 bits per heavy atom. The summed E-state index contributed by atoms with van der Waals surface area (Å²) in [5.41, 5.74) is -1.04. The largest absolute Gasteiger partial charge is 0.474 e. The fraction of sp³-hybridized carbons (Fsp3) is 0.111. The molecule has 0 saturated heterocycles. The summed E-state index contributed by atoms with van der Waals surface area (Å²) in [4.78, 5) is 14.0. The smallest absolute Gasteiger partial charge is 0.416 e. The maximum Gasteiger partial charge on any atom is 0.416 e. The molecule has 1 aromatic carbocycles. The van der Waals surface area contributed by atoms with Crippen LogP contribution in [0, 0.1) is 0 Å². The van der Waals surface area contributed by atoms with Gasteiger partial charge in [-0.3, -0.25) is 0 Å². The lowest BCUT2D eigenvalue weighted by molar-refractivity contribution is -0.137. The van der Waals surface area contributed by atoms with E-state index in [0.717, 1.165) is 18.2 Å². The molecule has 0 bridgehead atoms. The summed E-state index contributed by atoms with van der Waals surface area (Å²) in [6.45, 7) is 0. The maximum absolute atomic E-state index is 12.3. The van der Waals surface area contributed by atoms with Crippen LogP contribution in [0.1, 0.15) is 16.2 Å². The average molecular weight is 231 g/mol. The maximum atomic E-state index is 12.3. The van der Waals surface area contributed by atoms with Crippen molar-refractivity contribution in [3.05, 3.63) is 29.7 Å². The van der Waals surface area contributed by atoms with Gasteiger partial charge in [-0.1, -0.05) is 0 Å². The minimum Gasteiger partial charge on any atom is -0.474 e. The monoisotopic (exact) mass is 231 g/mol. The lowest BCUT2D eigenvalue weighted by Gasteiger charge is -2.04. The second-order valence-electron chi connectivity index (χ2n) is 3.00. The summed E-state index contributed by atoms with van der Waals surface area (Å²) in [6.07, 6.45) is -4.50. The summed E-state index contributed by atoms with van der Waals surface area (Å²) in [5.74, 6) is -2.06. The molecule has 2 aromatic rings. The zero-order valence-electron chi connectivity index (χ0n) is 7.58. The Kier molecular flexibility index (Phi) is 2.11. The molecule has 0 radical (unpaired) electrons. The molecule has 0 spiro atoms. The molecule has 0 saturated carbocycles. The lowest BCUT2D eigenvalue weighted by atomic mass is 10.2. The van der Waals surface area contributed by atoms with Crippen LogP contribution in [0.25, 0.3) is 11.1 Å². The molecule has 4 nitrogen and oxygen atoms in total. The van der Waals surface area contributed by atoms with E-state index in [2.05, 4.69) is 9.40 Å². The second-order valence-corrected chi connectivity index (χ2v) is 3.00. The molecule has 1 aromatic heterocycles. The van der Waals surface area contributed by atoms with Crippen molar-refractivity contribution in [2.45, 2.75) is 6.18 Å². The molecule has 16 heavy (non-hydrogen) atoms. The minimum absolute atomic E-state index is 0.0744. The molecule has 1 N–H and O–H groups in total. The van der Waals surface area contributed by atoms with Crippen molar-refractivity contribution in [1.29, 1.82) is 0 Å². The number of rotatable bonds is 1. The zero-order chi connectivity index (χ0) is 11.9. The van der Waals surface area contributed by atoms with Gasteiger partial charge in [0.1, 0.15) is 5.52 Å². The summed E-state index contributed by atoms with van der Waals surface area (Å²) < 4.78 is 41.6. The molecule has 84 valence electrons. The quantitative estimate of drug-likeness (QED) is 0.819. The zero-order valence-corrected chi connectivity index (χ0v) is 7.58. The van der Waals surface area contributed by atoms with Gasteiger partial charge in [-0.15, -0.1) is 0 Å². The van der Waals surface area contributed by atoms with Crippen molar-refractivity contribution in [3.63, 3.8) is 0 Å². The van der Waals surface area contributed by atoms with Gasteiger partial charge in [0.25, 0.3) is 0 Å². The highest BCUT2D eigenvalue weighted by molar-refractivity contribution is 5.86. The Labute approximate surface area is 86.3 Å². The summed E-state index contributed by atoms with van der Waals surface area (Å²) in [7, 11) is 0. The molecule has 0 amide bonds. The highest BCUT2D eigenvalue weighted by atomic mass is 19.4. The molecule has 2 rings (SSSR count). The first-order chi connectivity index (χ1) is 7.38. The van der Waals surface area contributed by atoms with E-state index in [-0.39, 0.29) is 11.1 Å². The normalized spacial score (nSPS) is 11.9. The van der Waals surface area contributed by atoms with E-state index in [4.69, 9.17) is 5.11 Å². The number of carboxylic acid groups (broad SMARTS) is 1. The Morgan fingerprint density at radius 1 is 1.38 bits per heavy atom. The second kappa shape index (κ2) is 3.22. The number of hydrogen-bond donors (Lipinski definition) is 1. The van der Waals surface area contributed by atoms with Crippen LogP contribution in [0.4, 0.5) is 13.2 Å². The number of fused-ring (bicyclic) bond motifs is 1. The molecular weight excluding hydrogens is 227 g/mol. The molecule has 0 fully saturated rings. The first-order valence-corrected chi connectivity index (χ1v) is 4.09. The molecular formula is C9H4F3NO3. The molecule has 7 heteroatoms. The van der Waals surface area contributed by atoms with Crippen LogP contribution in [0.2, 0.25) is 0 Å². The Hall–Kier alpha value is -2.05. The number of oxazole rings is 1. The Morgan fingerprint density at radius 2 is 2.06 bits per heavy atom. The average Bonchev–Trinajstić information content (AvgIpc) is 2.58. The molecule has 0 atom stereocenters. The van der Waals surface area contributed by atoms with Gasteiger partial charge >= 0.3 is 18.0 Å². The van der Waals surface area contributed by atoms with E-state index in [1.807, 2.05) is 0 Å². The number of nitrogens with zero attached hydrogens (tertiary/aromatic N) is 1. The number of benzene rings is 1. The van der Waals surface area contributed by atoms with Gasteiger partial charge in [-0.05, 0) is 18.2 Å². The first kappa shape index (κ1) is 10.5. The summed E-state index contributed by atoms with van der Waals surface area (Å²) in [5, 5.41) is 8.54. The van der Waals surface area contributed by atoms with Crippen molar-refractivity contribution < 1.29 is 27.5 Å². The van der Waals surface area contributed by atoms with Crippen LogP contribution in [-0.4, -0.2) is 16.1 Å². The van der Waals surface area contributed by atoms with E-state index < -0.39 is 23.6 Å². The topological polar surface area (TPSA) is 63.3 Å². The predicted molar refractivity (Wildman–Crippen MR) is 46.0 cm³/mol. The van der Waals surface area contributed by atoms with E-state index in [1.54, 1.807) is 0 Å². The van der Waals surface area contributed by atoms with Crippen LogP contribution < -0.4 is 0 Å². The van der Waals surface area contributed by atoms with Gasteiger partial charge in [0, 0.05) is 0 Å². The number of hydrogen-bond acceptors (Lipinski definition) is 3. The summed E-state index contributed by atoms with van der Waals surface area (Å²) in [6, 6.07) is 2.60. The number of aromatic carboxylic acids is 1. The number of halogens is 3. The number of carboxylic acids is 1. The van der Waals surface area contributed by atoms with Crippen LogP contribution in [0.5, 0.6) is 0 Å². The third kappa shape index (κ3) is 1.71. The van der Waals surface area contributed by atoms with Gasteiger partial charge in [0.15, 0.2) is 5.58 Å². The predicted octanol–water partition coefficient (Wildman–Crippen LogP) is 2.54. The van der Waals surface area contributed by atoms with Crippen LogP contribution in [-0.2, 0) is 6.18 Å². The van der Waals surface area contributed by atoms with E-state index in [1.165, 1.54) is 0 Å². The fourth-order valence-electron chi connectivity index (χ4n) is 1.19. The van der Waals surface area contributed by atoms with Gasteiger partial charge in [0.05, 0.1) is 5.56 Å². The van der Waals surface area contributed by atoms with Crippen molar-refractivity contribution >= 4 is 17.1 Å². The van der Waals surface area contributed by atoms with E-state index in [9.17, 15) is 18.0 Å². The first-order valence-electron chi connectivity index (χ1n) is 4.09. The standard InChI is InChI=1S/C9H4F3NO3/c10-9(11,12)4-1-2-5-6(3-4)16-7(13-5)8(14)15/h1-3H,(H,14,15). The highest BCUT2D eigenvalue weighted by Gasteiger charge is 2.31. The Bertz CT molecular complexity index is 559. The van der Waals surface area contributed by atoms with Gasteiger partial charge in [0.2, 0.25) is 0 Å². The fourth-order valence-corrected chi connectivity index (χ4v) is 1.19. The molecule has 0 unspecified atom stereocenters. The highest BCUT2D eigenvalue weighted by Crippen LogP contribution is 2.31. The molecule has 0 aliphatic rings. The summed E-state index contributed by atoms with van der Waals surface area (Å²) >= 11 is 0. The van der Waals surface area contributed by atoms with E-state index >= 15 is 0 Å². The third-order valence-corrected chi connectivity index (χ3v) is 1.90. The van der Waals surface area contributed by atoms with Crippen molar-refractivity contribution in [1.82, 2.24) is 4.98 Å². The van der Waals surface area contributed by atoms with Crippen molar-refractivity contribution in [2.75, 3.05) is 0 Å². The van der Waals surface area contributed by atoms with Gasteiger partial charge < -0.3 is 9.52 Å². The van der Waals surface area contributed by atoms with Gasteiger partial charge in [-0.25, -0.2) is 9.78 Å². The molecule has 0 aliphatic heterocycles.